The molecule has 1 unspecified atom stereocenters. The zero-order valence-corrected chi connectivity index (χ0v) is 11.7. The average Bonchev–Trinajstić information content (AvgIpc) is 2.52. The molecule has 1 saturated heterocycles. The highest BCUT2D eigenvalue weighted by Gasteiger charge is 2.25. The lowest BCUT2D eigenvalue weighted by Crippen LogP contribution is -2.43. The number of hydrogen-bond acceptors (Lipinski definition) is 3. The van der Waals surface area contributed by atoms with Crippen molar-refractivity contribution in [3.63, 3.8) is 0 Å². The lowest BCUT2D eigenvalue weighted by Gasteiger charge is -2.31. The summed E-state index contributed by atoms with van der Waals surface area (Å²) >= 11 is 0. The summed E-state index contributed by atoms with van der Waals surface area (Å²) in [5.74, 6) is 0.196. The number of nitrogens with one attached hydrogen (secondary N) is 1. The van der Waals surface area contributed by atoms with Gasteiger partial charge in [0, 0.05) is 26.1 Å². The molecule has 0 aliphatic carbocycles. The van der Waals surface area contributed by atoms with Crippen molar-refractivity contribution in [2.45, 2.75) is 25.8 Å². The number of rotatable bonds is 5. The Labute approximate surface area is 120 Å². The van der Waals surface area contributed by atoms with Crippen LogP contribution < -0.4 is 5.32 Å². The molecule has 1 aromatic carbocycles. The average molecular weight is 271 g/mol. The number of hydrogen-bond donors (Lipinski definition) is 1. The van der Waals surface area contributed by atoms with Gasteiger partial charge in [0.1, 0.15) is 0 Å². The van der Waals surface area contributed by atoms with Gasteiger partial charge in [-0.15, -0.1) is 0 Å². The van der Waals surface area contributed by atoms with Crippen molar-refractivity contribution in [3.05, 3.63) is 35.9 Å². The van der Waals surface area contributed by atoms with Crippen LogP contribution in [-0.2, 0) is 11.3 Å². The smallest absolute Gasteiger partial charge is 0.224 e. The van der Waals surface area contributed by atoms with E-state index < -0.39 is 0 Å². The van der Waals surface area contributed by atoms with Crippen molar-refractivity contribution >= 4 is 5.91 Å². The fraction of sp³-hybridized carbons (Fsp3) is 0.500. The molecule has 1 aliphatic heterocycles. The summed E-state index contributed by atoms with van der Waals surface area (Å²) in [5.41, 5.74) is 1.12. The molecule has 1 N–H and O–H groups in total. The highest BCUT2D eigenvalue weighted by atomic mass is 16.1. The number of benzene rings is 1. The predicted octanol–water partition coefficient (Wildman–Crippen LogP) is 1.93. The number of carbonyl (C=O) groups is 1. The minimum absolute atomic E-state index is 0.0613. The van der Waals surface area contributed by atoms with E-state index in [9.17, 15) is 4.79 Å². The zero-order chi connectivity index (χ0) is 14.2. The van der Waals surface area contributed by atoms with Gasteiger partial charge >= 0.3 is 0 Å². The molecule has 2 rings (SSSR count). The van der Waals surface area contributed by atoms with Crippen molar-refractivity contribution in [3.8, 4) is 6.07 Å². The Bertz CT molecular complexity index is 466. The zero-order valence-electron chi connectivity index (χ0n) is 11.7. The van der Waals surface area contributed by atoms with E-state index in [0.717, 1.165) is 38.0 Å². The molecule has 1 fully saturated rings. The van der Waals surface area contributed by atoms with E-state index in [-0.39, 0.29) is 11.8 Å². The highest BCUT2D eigenvalue weighted by Crippen LogP contribution is 2.16. The summed E-state index contributed by atoms with van der Waals surface area (Å²) in [7, 11) is 0. The molecule has 0 spiro atoms. The minimum atomic E-state index is 0.0613. The third kappa shape index (κ3) is 4.36. The molecule has 1 atom stereocenters. The maximum atomic E-state index is 12.2. The maximum Gasteiger partial charge on any atom is 0.224 e. The first-order valence-electron chi connectivity index (χ1n) is 7.20. The van der Waals surface area contributed by atoms with Gasteiger partial charge in [0.15, 0.2) is 0 Å². The van der Waals surface area contributed by atoms with Crippen molar-refractivity contribution in [2.75, 3.05) is 19.6 Å². The van der Waals surface area contributed by atoms with Gasteiger partial charge in [0.25, 0.3) is 0 Å². The fourth-order valence-electron chi connectivity index (χ4n) is 2.61. The summed E-state index contributed by atoms with van der Waals surface area (Å²) in [4.78, 5) is 14.4. The molecule has 4 nitrogen and oxygen atoms in total. The highest BCUT2D eigenvalue weighted by molar-refractivity contribution is 5.78. The number of piperidine rings is 1. The summed E-state index contributed by atoms with van der Waals surface area (Å²) in [6.45, 7) is 3.15. The van der Waals surface area contributed by atoms with Crippen LogP contribution in [-0.4, -0.2) is 30.4 Å². The fourth-order valence-corrected chi connectivity index (χ4v) is 2.61. The predicted molar refractivity (Wildman–Crippen MR) is 77.7 cm³/mol. The molecular weight excluding hydrogens is 250 g/mol. The van der Waals surface area contributed by atoms with E-state index in [1.165, 1.54) is 0 Å². The van der Waals surface area contributed by atoms with Crippen molar-refractivity contribution in [2.24, 2.45) is 5.92 Å². The van der Waals surface area contributed by atoms with Crippen LogP contribution in [0.5, 0.6) is 0 Å². The van der Waals surface area contributed by atoms with Crippen LogP contribution in [0.2, 0.25) is 0 Å². The van der Waals surface area contributed by atoms with E-state index in [4.69, 9.17) is 5.26 Å². The van der Waals surface area contributed by atoms with Crippen LogP contribution >= 0.6 is 0 Å². The van der Waals surface area contributed by atoms with Gasteiger partial charge < -0.3 is 10.2 Å². The third-order valence-corrected chi connectivity index (χ3v) is 3.73. The first kappa shape index (κ1) is 14.5. The van der Waals surface area contributed by atoms with Crippen LogP contribution in [0.3, 0.4) is 0 Å². The van der Waals surface area contributed by atoms with Crippen LogP contribution in [0.25, 0.3) is 0 Å². The van der Waals surface area contributed by atoms with Gasteiger partial charge in [-0.05, 0) is 24.9 Å². The Morgan fingerprint density at radius 2 is 2.20 bits per heavy atom. The Morgan fingerprint density at radius 3 is 2.95 bits per heavy atom. The molecular formula is C16H21N3O. The van der Waals surface area contributed by atoms with E-state index in [1.807, 2.05) is 30.3 Å². The first-order chi connectivity index (χ1) is 9.79. The molecule has 4 heteroatoms. The van der Waals surface area contributed by atoms with Crippen LogP contribution in [0.15, 0.2) is 30.3 Å². The normalized spacial score (nSPS) is 19.2. The Hall–Kier alpha value is -1.86. The van der Waals surface area contributed by atoms with Gasteiger partial charge in [-0.2, -0.15) is 5.26 Å². The Balaban J connectivity index is 1.78. The molecule has 20 heavy (non-hydrogen) atoms. The molecule has 1 amide bonds. The largest absolute Gasteiger partial charge is 0.352 e. The van der Waals surface area contributed by atoms with E-state index in [2.05, 4.69) is 16.3 Å². The van der Waals surface area contributed by atoms with Crippen LogP contribution in [0, 0.1) is 17.2 Å². The number of nitrogens with zero attached hydrogens (tertiary/aromatic N) is 2. The van der Waals surface area contributed by atoms with Crippen molar-refractivity contribution in [1.29, 1.82) is 5.26 Å². The van der Waals surface area contributed by atoms with Crippen molar-refractivity contribution < 1.29 is 4.79 Å². The summed E-state index contributed by atoms with van der Waals surface area (Å²) in [6.07, 6.45) is 2.52. The molecule has 0 radical (unpaired) electrons. The summed E-state index contributed by atoms with van der Waals surface area (Å²) in [5, 5.41) is 11.6. The van der Waals surface area contributed by atoms with E-state index in [1.54, 1.807) is 0 Å². The summed E-state index contributed by atoms with van der Waals surface area (Å²) < 4.78 is 0. The molecule has 0 aromatic heterocycles. The van der Waals surface area contributed by atoms with E-state index in [0.29, 0.717) is 13.0 Å². The van der Waals surface area contributed by atoms with Gasteiger partial charge in [-0.25, -0.2) is 0 Å². The minimum Gasteiger partial charge on any atom is -0.352 e. The number of amides is 1. The topological polar surface area (TPSA) is 56.1 Å². The second-order valence-corrected chi connectivity index (χ2v) is 5.25. The van der Waals surface area contributed by atoms with Gasteiger partial charge in [0.05, 0.1) is 12.0 Å². The van der Waals surface area contributed by atoms with Crippen LogP contribution in [0.1, 0.15) is 24.8 Å². The molecule has 1 aliphatic rings. The Morgan fingerprint density at radius 1 is 1.40 bits per heavy atom. The lowest BCUT2D eigenvalue weighted by molar-refractivity contribution is -0.126. The van der Waals surface area contributed by atoms with E-state index >= 15 is 0 Å². The molecule has 0 saturated carbocycles. The molecule has 106 valence electrons. The monoisotopic (exact) mass is 271 g/mol. The van der Waals surface area contributed by atoms with Crippen LogP contribution in [0.4, 0.5) is 0 Å². The standard InChI is InChI=1S/C16H21N3O/c17-9-5-11-19-10-4-8-15(13-19)16(20)18-12-14-6-2-1-3-7-14/h1-3,6-7,15H,4-5,8,10-13H2,(H,18,20). The molecule has 1 aromatic rings. The molecule has 1 heterocycles. The van der Waals surface area contributed by atoms with Gasteiger partial charge in [-0.1, -0.05) is 30.3 Å². The Kier molecular flexibility index (Phi) is 5.57. The third-order valence-electron chi connectivity index (χ3n) is 3.73. The number of nitriles is 1. The SMILES string of the molecule is N#CCCN1CCCC(C(=O)NCc2ccccc2)C1. The number of likely N-dealkylation sites (tertiary alicyclic amines) is 1. The van der Waals surface area contributed by atoms with Gasteiger partial charge in [-0.3, -0.25) is 4.79 Å². The lowest BCUT2D eigenvalue weighted by atomic mass is 9.97. The first-order valence-corrected chi connectivity index (χ1v) is 7.20. The second kappa shape index (κ2) is 7.66. The summed E-state index contributed by atoms with van der Waals surface area (Å²) in [6, 6.07) is 12.1. The van der Waals surface area contributed by atoms with Gasteiger partial charge in [0.2, 0.25) is 5.91 Å². The quantitative estimate of drug-likeness (QED) is 0.890. The maximum absolute atomic E-state index is 12.2. The molecule has 0 bridgehead atoms. The number of carbonyl (C=O) groups excluding carboxylic acids is 1. The van der Waals surface area contributed by atoms with Crippen molar-refractivity contribution in [1.82, 2.24) is 10.2 Å². The second-order valence-electron chi connectivity index (χ2n) is 5.25.